The normalized spacial score (nSPS) is 17.9. The second-order valence-corrected chi connectivity index (χ2v) is 5.74. The van der Waals surface area contributed by atoms with E-state index in [1.807, 2.05) is 6.07 Å². The van der Waals surface area contributed by atoms with Crippen LogP contribution in [0, 0.1) is 0 Å². The Morgan fingerprint density at radius 3 is 2.58 bits per heavy atom. The van der Waals surface area contributed by atoms with Gasteiger partial charge in [-0.25, -0.2) is 9.97 Å². The first-order chi connectivity index (χ1) is 9.04. The smallest absolute Gasteiger partial charge is 0.135 e. The molecule has 0 aliphatic carbocycles. The highest BCUT2D eigenvalue weighted by molar-refractivity contribution is 5.45. The van der Waals surface area contributed by atoms with Crippen molar-refractivity contribution < 1.29 is 0 Å². The van der Waals surface area contributed by atoms with Crippen LogP contribution in [0.15, 0.2) is 6.07 Å². The van der Waals surface area contributed by atoms with Gasteiger partial charge in [0.1, 0.15) is 17.5 Å². The fraction of sp³-hybridized carbons (Fsp3) is 0.714. The summed E-state index contributed by atoms with van der Waals surface area (Å²) in [6, 6.07) is 2.18. The van der Waals surface area contributed by atoms with Crippen LogP contribution in [0.25, 0.3) is 0 Å². The quantitative estimate of drug-likeness (QED) is 0.851. The number of nitrogens with two attached hydrogens (primary N) is 1. The number of nitrogens with one attached hydrogen (secondary N) is 1. The first kappa shape index (κ1) is 14.1. The van der Waals surface area contributed by atoms with Gasteiger partial charge in [-0.15, -0.1) is 0 Å². The lowest BCUT2D eigenvalue weighted by atomic mass is 10.2. The molecular formula is C14H25N5. The van der Waals surface area contributed by atoms with Gasteiger partial charge in [-0.05, 0) is 32.9 Å². The van der Waals surface area contributed by atoms with Gasteiger partial charge in [0.05, 0.1) is 0 Å². The number of nitrogen functional groups attached to an aromatic ring is 1. The zero-order valence-corrected chi connectivity index (χ0v) is 12.2. The Bertz CT molecular complexity index is 412. The average Bonchev–Trinajstić information content (AvgIpc) is 2.80. The number of hydrogen-bond donors (Lipinski definition) is 2. The third-order valence-electron chi connectivity index (χ3n) is 3.40. The first-order valence-corrected chi connectivity index (χ1v) is 7.18. The molecule has 3 N–H and O–H groups in total. The predicted octanol–water partition coefficient (Wildman–Crippen LogP) is 2.08. The van der Waals surface area contributed by atoms with Crippen molar-refractivity contribution in [2.45, 2.75) is 45.6 Å². The summed E-state index contributed by atoms with van der Waals surface area (Å²) >= 11 is 0. The molecule has 5 nitrogen and oxygen atoms in total. The molecule has 2 heterocycles. The van der Waals surface area contributed by atoms with Crippen molar-refractivity contribution in [3.8, 4) is 0 Å². The predicted molar refractivity (Wildman–Crippen MR) is 79.3 cm³/mol. The SMILES string of the molecule is CC(CN1CCCC1)Nc1cc(N)nc(C(C)C)n1. The molecule has 0 aromatic carbocycles. The number of rotatable bonds is 5. The van der Waals surface area contributed by atoms with E-state index in [4.69, 9.17) is 5.73 Å². The maximum atomic E-state index is 5.84. The van der Waals surface area contributed by atoms with Gasteiger partial charge in [0.2, 0.25) is 0 Å². The summed E-state index contributed by atoms with van der Waals surface area (Å²) < 4.78 is 0. The fourth-order valence-corrected chi connectivity index (χ4v) is 2.47. The van der Waals surface area contributed by atoms with E-state index in [0.29, 0.717) is 11.9 Å². The van der Waals surface area contributed by atoms with Crippen LogP contribution in [0.3, 0.4) is 0 Å². The first-order valence-electron chi connectivity index (χ1n) is 7.18. The van der Waals surface area contributed by atoms with Gasteiger partial charge >= 0.3 is 0 Å². The van der Waals surface area contributed by atoms with Crippen LogP contribution in [0.5, 0.6) is 0 Å². The van der Waals surface area contributed by atoms with Crippen molar-refractivity contribution in [3.05, 3.63) is 11.9 Å². The minimum absolute atomic E-state index is 0.290. The number of aromatic nitrogens is 2. The Hall–Kier alpha value is -1.36. The molecule has 19 heavy (non-hydrogen) atoms. The van der Waals surface area contributed by atoms with Crippen LogP contribution in [-0.4, -0.2) is 40.5 Å². The zero-order chi connectivity index (χ0) is 13.8. The molecule has 1 fully saturated rings. The molecule has 0 radical (unpaired) electrons. The summed E-state index contributed by atoms with van der Waals surface area (Å²) in [5, 5.41) is 3.43. The lowest BCUT2D eigenvalue weighted by molar-refractivity contribution is 0.327. The Morgan fingerprint density at radius 1 is 1.26 bits per heavy atom. The van der Waals surface area contributed by atoms with Crippen LogP contribution in [0.2, 0.25) is 0 Å². The zero-order valence-electron chi connectivity index (χ0n) is 12.2. The van der Waals surface area contributed by atoms with E-state index in [9.17, 15) is 0 Å². The van der Waals surface area contributed by atoms with Crippen LogP contribution >= 0.6 is 0 Å². The number of anilines is 2. The number of nitrogens with zero attached hydrogens (tertiary/aromatic N) is 3. The van der Waals surface area contributed by atoms with E-state index < -0.39 is 0 Å². The van der Waals surface area contributed by atoms with Gasteiger partial charge in [0.25, 0.3) is 0 Å². The van der Waals surface area contributed by atoms with E-state index in [2.05, 4.69) is 41.0 Å². The van der Waals surface area contributed by atoms with Gasteiger partial charge < -0.3 is 16.0 Å². The standard InChI is InChI=1S/C14H25N5/c1-10(2)14-17-12(15)8-13(18-14)16-11(3)9-19-6-4-5-7-19/h8,10-11H,4-7,9H2,1-3H3,(H3,15,16,17,18). The van der Waals surface area contributed by atoms with E-state index in [1.54, 1.807) is 0 Å². The minimum atomic E-state index is 0.290. The van der Waals surface area contributed by atoms with Crippen molar-refractivity contribution in [1.82, 2.24) is 14.9 Å². The summed E-state index contributed by atoms with van der Waals surface area (Å²) in [6.45, 7) is 9.83. The molecule has 1 aliphatic heterocycles. The molecule has 1 saturated heterocycles. The van der Waals surface area contributed by atoms with Crippen molar-refractivity contribution in [2.24, 2.45) is 0 Å². The summed E-state index contributed by atoms with van der Waals surface area (Å²) in [5.74, 6) is 2.46. The summed E-state index contributed by atoms with van der Waals surface area (Å²) in [7, 11) is 0. The highest BCUT2D eigenvalue weighted by atomic mass is 15.2. The molecule has 0 bridgehead atoms. The molecule has 1 unspecified atom stereocenters. The lowest BCUT2D eigenvalue weighted by Crippen LogP contribution is -2.33. The van der Waals surface area contributed by atoms with Gasteiger partial charge in [-0.1, -0.05) is 13.8 Å². The van der Waals surface area contributed by atoms with Crippen molar-refractivity contribution >= 4 is 11.6 Å². The van der Waals surface area contributed by atoms with Gasteiger partial charge in [0.15, 0.2) is 0 Å². The molecule has 1 aromatic rings. The highest BCUT2D eigenvalue weighted by Crippen LogP contribution is 2.16. The topological polar surface area (TPSA) is 67.1 Å². The van der Waals surface area contributed by atoms with Crippen molar-refractivity contribution in [1.29, 1.82) is 0 Å². The van der Waals surface area contributed by atoms with Gasteiger partial charge in [0, 0.05) is 24.6 Å². The van der Waals surface area contributed by atoms with E-state index in [0.717, 1.165) is 18.2 Å². The summed E-state index contributed by atoms with van der Waals surface area (Å²) in [6.07, 6.45) is 2.65. The molecule has 1 aliphatic rings. The molecule has 0 saturated carbocycles. The molecule has 2 rings (SSSR count). The van der Waals surface area contributed by atoms with E-state index in [1.165, 1.54) is 25.9 Å². The third-order valence-corrected chi connectivity index (χ3v) is 3.40. The minimum Gasteiger partial charge on any atom is -0.384 e. The highest BCUT2D eigenvalue weighted by Gasteiger charge is 2.15. The second kappa shape index (κ2) is 6.19. The second-order valence-electron chi connectivity index (χ2n) is 5.74. The maximum Gasteiger partial charge on any atom is 0.135 e. The maximum absolute atomic E-state index is 5.84. The van der Waals surface area contributed by atoms with Crippen molar-refractivity contribution in [2.75, 3.05) is 30.7 Å². The molecule has 1 atom stereocenters. The van der Waals surface area contributed by atoms with Crippen LogP contribution < -0.4 is 11.1 Å². The average molecular weight is 263 g/mol. The molecule has 0 amide bonds. The van der Waals surface area contributed by atoms with Crippen LogP contribution in [0.1, 0.15) is 45.4 Å². The Balaban J connectivity index is 1.97. The molecule has 5 heteroatoms. The molecule has 0 spiro atoms. The van der Waals surface area contributed by atoms with Gasteiger partial charge in [-0.3, -0.25) is 0 Å². The van der Waals surface area contributed by atoms with Gasteiger partial charge in [-0.2, -0.15) is 0 Å². The molecular weight excluding hydrogens is 238 g/mol. The van der Waals surface area contributed by atoms with E-state index in [-0.39, 0.29) is 5.92 Å². The summed E-state index contributed by atoms with van der Waals surface area (Å²) in [4.78, 5) is 11.3. The Morgan fingerprint density at radius 2 is 1.95 bits per heavy atom. The lowest BCUT2D eigenvalue weighted by Gasteiger charge is -2.22. The number of likely N-dealkylation sites (tertiary alicyclic amines) is 1. The monoisotopic (exact) mass is 263 g/mol. The van der Waals surface area contributed by atoms with Crippen LogP contribution in [0.4, 0.5) is 11.6 Å². The summed E-state index contributed by atoms with van der Waals surface area (Å²) in [5.41, 5.74) is 5.84. The largest absolute Gasteiger partial charge is 0.384 e. The Labute approximate surface area is 115 Å². The number of hydrogen-bond acceptors (Lipinski definition) is 5. The third kappa shape index (κ3) is 4.06. The van der Waals surface area contributed by atoms with Crippen molar-refractivity contribution in [3.63, 3.8) is 0 Å². The molecule has 1 aromatic heterocycles. The fourth-order valence-electron chi connectivity index (χ4n) is 2.47. The Kier molecular flexibility index (Phi) is 4.58. The van der Waals surface area contributed by atoms with E-state index >= 15 is 0 Å². The molecule has 106 valence electrons. The van der Waals surface area contributed by atoms with Crippen LogP contribution in [-0.2, 0) is 0 Å².